The van der Waals surface area contributed by atoms with Crippen LogP contribution in [0.4, 0.5) is 0 Å². The lowest BCUT2D eigenvalue weighted by molar-refractivity contribution is -0.136. The zero-order valence-corrected chi connectivity index (χ0v) is 10.7. The molecule has 100 valence electrons. The van der Waals surface area contributed by atoms with Gasteiger partial charge < -0.3 is 20.9 Å². The van der Waals surface area contributed by atoms with Gasteiger partial charge in [0.1, 0.15) is 0 Å². The topological polar surface area (TPSA) is 84.6 Å². The van der Waals surface area contributed by atoms with Crippen molar-refractivity contribution in [3.8, 4) is 0 Å². The molecule has 1 atom stereocenters. The summed E-state index contributed by atoms with van der Waals surface area (Å²) in [5.74, 6) is 0.0850. The van der Waals surface area contributed by atoms with E-state index in [1.54, 1.807) is 0 Å². The fourth-order valence-electron chi connectivity index (χ4n) is 1.91. The number of amides is 1. The Labute approximate surface area is 103 Å². The van der Waals surface area contributed by atoms with Crippen LogP contribution in [0.2, 0.25) is 0 Å². The second-order valence-electron chi connectivity index (χ2n) is 5.12. The van der Waals surface area contributed by atoms with Crippen LogP contribution in [0.15, 0.2) is 0 Å². The molecule has 0 aromatic carbocycles. The Morgan fingerprint density at radius 3 is 2.53 bits per heavy atom. The van der Waals surface area contributed by atoms with Crippen LogP contribution in [0.5, 0.6) is 0 Å². The standard InChI is InChI=1S/C12H24N2O3/c1-9(2)10(15)7-14-11(16)12(8-13)3-5-17-6-4-12/h9-10,15H,3-8,13H2,1-2H3,(H,14,16). The van der Waals surface area contributed by atoms with E-state index in [-0.39, 0.29) is 11.8 Å². The molecular formula is C12H24N2O3. The fourth-order valence-corrected chi connectivity index (χ4v) is 1.91. The van der Waals surface area contributed by atoms with Crippen LogP contribution in [-0.2, 0) is 9.53 Å². The summed E-state index contributed by atoms with van der Waals surface area (Å²) in [7, 11) is 0. The summed E-state index contributed by atoms with van der Waals surface area (Å²) in [6.45, 7) is 5.63. The van der Waals surface area contributed by atoms with Crippen molar-refractivity contribution in [2.45, 2.75) is 32.8 Å². The van der Waals surface area contributed by atoms with Crippen LogP contribution in [0.25, 0.3) is 0 Å². The van der Waals surface area contributed by atoms with Crippen molar-refractivity contribution in [1.82, 2.24) is 5.32 Å². The molecule has 0 bridgehead atoms. The number of nitrogens with two attached hydrogens (primary N) is 1. The molecular weight excluding hydrogens is 220 g/mol. The molecule has 1 saturated heterocycles. The summed E-state index contributed by atoms with van der Waals surface area (Å²) in [5, 5.41) is 12.5. The Bertz CT molecular complexity index is 250. The van der Waals surface area contributed by atoms with Crippen molar-refractivity contribution >= 4 is 5.91 Å². The first-order valence-electron chi connectivity index (χ1n) is 6.26. The van der Waals surface area contributed by atoms with Gasteiger partial charge in [0.05, 0.1) is 11.5 Å². The van der Waals surface area contributed by atoms with Gasteiger partial charge in [-0.3, -0.25) is 4.79 Å². The van der Waals surface area contributed by atoms with Crippen molar-refractivity contribution in [1.29, 1.82) is 0 Å². The maximum Gasteiger partial charge on any atom is 0.227 e. The third kappa shape index (κ3) is 3.66. The lowest BCUT2D eigenvalue weighted by Gasteiger charge is -2.34. The van der Waals surface area contributed by atoms with Crippen LogP contribution in [0.1, 0.15) is 26.7 Å². The number of hydrogen-bond donors (Lipinski definition) is 3. The summed E-state index contributed by atoms with van der Waals surface area (Å²) < 4.78 is 5.26. The van der Waals surface area contributed by atoms with Gasteiger partial charge in [-0.2, -0.15) is 0 Å². The zero-order chi connectivity index (χ0) is 12.9. The van der Waals surface area contributed by atoms with Gasteiger partial charge >= 0.3 is 0 Å². The van der Waals surface area contributed by atoms with E-state index in [4.69, 9.17) is 10.5 Å². The molecule has 0 aromatic rings. The average molecular weight is 244 g/mol. The van der Waals surface area contributed by atoms with E-state index in [0.717, 1.165) is 0 Å². The van der Waals surface area contributed by atoms with Crippen molar-refractivity contribution in [3.63, 3.8) is 0 Å². The van der Waals surface area contributed by atoms with E-state index < -0.39 is 11.5 Å². The molecule has 0 saturated carbocycles. The van der Waals surface area contributed by atoms with E-state index in [1.165, 1.54) is 0 Å². The van der Waals surface area contributed by atoms with E-state index in [9.17, 15) is 9.90 Å². The average Bonchev–Trinajstić information content (AvgIpc) is 2.36. The van der Waals surface area contributed by atoms with E-state index in [2.05, 4.69) is 5.32 Å². The third-order valence-electron chi connectivity index (χ3n) is 3.56. The highest BCUT2D eigenvalue weighted by Gasteiger charge is 2.38. The number of aliphatic hydroxyl groups is 1. The molecule has 5 heteroatoms. The molecule has 1 aliphatic heterocycles. The van der Waals surface area contributed by atoms with Gasteiger partial charge in [0.2, 0.25) is 5.91 Å². The molecule has 1 fully saturated rings. The Hall–Kier alpha value is -0.650. The van der Waals surface area contributed by atoms with Crippen molar-refractivity contribution < 1.29 is 14.6 Å². The normalized spacial score (nSPS) is 21.2. The van der Waals surface area contributed by atoms with E-state index in [1.807, 2.05) is 13.8 Å². The molecule has 0 spiro atoms. The molecule has 0 aromatic heterocycles. The Morgan fingerprint density at radius 2 is 2.06 bits per heavy atom. The Morgan fingerprint density at radius 1 is 1.47 bits per heavy atom. The predicted molar refractivity (Wildman–Crippen MR) is 65.4 cm³/mol. The van der Waals surface area contributed by atoms with Crippen molar-refractivity contribution in [3.05, 3.63) is 0 Å². The minimum Gasteiger partial charge on any atom is -0.391 e. The zero-order valence-electron chi connectivity index (χ0n) is 10.7. The molecule has 1 rings (SSSR count). The highest BCUT2D eigenvalue weighted by atomic mass is 16.5. The highest BCUT2D eigenvalue weighted by molar-refractivity contribution is 5.83. The van der Waals surface area contributed by atoms with Gasteiger partial charge in [-0.1, -0.05) is 13.8 Å². The lowest BCUT2D eigenvalue weighted by atomic mass is 9.79. The quantitative estimate of drug-likeness (QED) is 0.629. The third-order valence-corrected chi connectivity index (χ3v) is 3.56. The largest absolute Gasteiger partial charge is 0.391 e. The smallest absolute Gasteiger partial charge is 0.227 e. The summed E-state index contributed by atoms with van der Waals surface area (Å²) in [6, 6.07) is 0. The van der Waals surface area contributed by atoms with Gasteiger partial charge in [-0.25, -0.2) is 0 Å². The minimum absolute atomic E-state index is 0.0528. The van der Waals surface area contributed by atoms with Gasteiger partial charge in [0.25, 0.3) is 0 Å². The molecule has 0 aliphatic carbocycles. The second kappa shape index (κ2) is 6.33. The molecule has 1 aliphatic rings. The molecule has 0 radical (unpaired) electrons. The maximum absolute atomic E-state index is 12.1. The van der Waals surface area contributed by atoms with Crippen LogP contribution in [-0.4, -0.2) is 43.4 Å². The van der Waals surface area contributed by atoms with E-state index >= 15 is 0 Å². The minimum atomic E-state index is -0.506. The summed E-state index contributed by atoms with van der Waals surface area (Å²) in [5.41, 5.74) is 5.22. The first kappa shape index (κ1) is 14.4. The van der Waals surface area contributed by atoms with Crippen LogP contribution >= 0.6 is 0 Å². The fraction of sp³-hybridized carbons (Fsp3) is 0.917. The molecule has 5 nitrogen and oxygen atoms in total. The van der Waals surface area contributed by atoms with Gasteiger partial charge in [-0.15, -0.1) is 0 Å². The van der Waals surface area contributed by atoms with Crippen LogP contribution in [0, 0.1) is 11.3 Å². The van der Waals surface area contributed by atoms with Gasteiger partial charge in [0, 0.05) is 26.3 Å². The van der Waals surface area contributed by atoms with E-state index in [0.29, 0.717) is 39.1 Å². The number of ether oxygens (including phenoxy) is 1. The number of carbonyl (C=O) groups is 1. The van der Waals surface area contributed by atoms with Crippen molar-refractivity contribution in [2.75, 3.05) is 26.3 Å². The molecule has 1 heterocycles. The summed E-state index contributed by atoms with van der Waals surface area (Å²) in [6.07, 6.45) is 0.814. The summed E-state index contributed by atoms with van der Waals surface area (Å²) in [4.78, 5) is 12.1. The van der Waals surface area contributed by atoms with Crippen molar-refractivity contribution in [2.24, 2.45) is 17.1 Å². The van der Waals surface area contributed by atoms with Gasteiger partial charge in [0.15, 0.2) is 0 Å². The lowest BCUT2D eigenvalue weighted by Crippen LogP contribution is -2.50. The second-order valence-corrected chi connectivity index (χ2v) is 5.12. The number of hydrogen-bond acceptors (Lipinski definition) is 4. The number of aliphatic hydroxyl groups excluding tert-OH is 1. The van der Waals surface area contributed by atoms with Gasteiger partial charge in [-0.05, 0) is 18.8 Å². The number of rotatable bonds is 5. The highest BCUT2D eigenvalue weighted by Crippen LogP contribution is 2.29. The molecule has 17 heavy (non-hydrogen) atoms. The molecule has 1 amide bonds. The maximum atomic E-state index is 12.1. The number of carbonyl (C=O) groups excluding carboxylic acids is 1. The molecule has 4 N–H and O–H groups in total. The Kier molecular flexibility index (Phi) is 5.36. The first-order valence-corrected chi connectivity index (χ1v) is 6.26. The molecule has 1 unspecified atom stereocenters. The number of nitrogens with one attached hydrogen (secondary N) is 1. The SMILES string of the molecule is CC(C)C(O)CNC(=O)C1(CN)CCOCC1. The first-order chi connectivity index (χ1) is 8.02. The van der Waals surface area contributed by atoms with Crippen LogP contribution in [0.3, 0.4) is 0 Å². The Balaban J connectivity index is 2.49. The van der Waals surface area contributed by atoms with Crippen LogP contribution < -0.4 is 11.1 Å². The monoisotopic (exact) mass is 244 g/mol. The summed E-state index contributed by atoms with van der Waals surface area (Å²) >= 11 is 0. The predicted octanol–water partition coefficient (Wildman–Crippen LogP) is -0.125.